The maximum atomic E-state index is 12.8. The molecule has 90 valence electrons. The van der Waals surface area contributed by atoms with Gasteiger partial charge in [-0.3, -0.25) is 0 Å². The van der Waals surface area contributed by atoms with Crippen LogP contribution in [0.3, 0.4) is 0 Å². The van der Waals surface area contributed by atoms with E-state index in [1.165, 1.54) is 18.2 Å². The molecule has 1 unspecified atom stereocenters. The molecule has 1 aromatic rings. The van der Waals surface area contributed by atoms with E-state index in [0.29, 0.717) is 12.3 Å². The third-order valence-electron chi connectivity index (χ3n) is 1.96. The van der Waals surface area contributed by atoms with Crippen LogP contribution in [0.25, 0.3) is 0 Å². The average molecular weight is 248 g/mol. The van der Waals surface area contributed by atoms with Crippen LogP contribution in [0.2, 0.25) is 5.02 Å². The maximum Gasteiger partial charge on any atom is 0.142 e. The molecule has 16 heavy (non-hydrogen) atoms. The number of halogens is 2. The van der Waals surface area contributed by atoms with Crippen LogP contribution in [0, 0.1) is 5.82 Å². The largest absolute Gasteiger partial charge is 0.491 e. The fourth-order valence-corrected chi connectivity index (χ4v) is 1.30. The molecule has 3 nitrogen and oxygen atoms in total. The highest BCUT2D eigenvalue weighted by atomic mass is 35.5. The van der Waals surface area contributed by atoms with Gasteiger partial charge in [-0.1, -0.05) is 18.5 Å². The Kier molecular flexibility index (Phi) is 5.52. The molecular formula is C11H15ClFNO2. The van der Waals surface area contributed by atoms with Crippen molar-refractivity contribution in [2.45, 2.75) is 13.0 Å². The lowest BCUT2D eigenvalue weighted by Crippen LogP contribution is -2.31. The number of rotatable bonds is 6. The minimum atomic E-state index is -0.594. The van der Waals surface area contributed by atoms with Gasteiger partial charge in [0.05, 0.1) is 5.02 Å². The summed E-state index contributed by atoms with van der Waals surface area (Å²) in [6.45, 7) is 3.35. The maximum absolute atomic E-state index is 12.8. The summed E-state index contributed by atoms with van der Waals surface area (Å²) in [7, 11) is 0. The van der Waals surface area contributed by atoms with Crippen molar-refractivity contribution in [2.24, 2.45) is 0 Å². The van der Waals surface area contributed by atoms with Crippen LogP contribution in [-0.2, 0) is 0 Å². The van der Waals surface area contributed by atoms with Gasteiger partial charge in [-0.05, 0) is 18.7 Å². The molecule has 0 spiro atoms. The van der Waals surface area contributed by atoms with Gasteiger partial charge >= 0.3 is 0 Å². The number of ether oxygens (including phenoxy) is 1. The summed E-state index contributed by atoms with van der Waals surface area (Å²) in [4.78, 5) is 0. The van der Waals surface area contributed by atoms with Crippen LogP contribution in [0.1, 0.15) is 6.92 Å². The van der Waals surface area contributed by atoms with Gasteiger partial charge in [0, 0.05) is 12.6 Å². The van der Waals surface area contributed by atoms with Crippen molar-refractivity contribution < 1.29 is 14.2 Å². The van der Waals surface area contributed by atoms with Gasteiger partial charge in [-0.2, -0.15) is 0 Å². The summed E-state index contributed by atoms with van der Waals surface area (Å²) in [6, 6.07) is 4.09. The average Bonchev–Trinajstić information content (AvgIpc) is 2.28. The quantitative estimate of drug-likeness (QED) is 0.806. The van der Waals surface area contributed by atoms with Gasteiger partial charge in [-0.25, -0.2) is 4.39 Å². The zero-order chi connectivity index (χ0) is 12.0. The second kappa shape index (κ2) is 6.68. The molecule has 1 rings (SSSR count). The molecule has 0 bridgehead atoms. The standard InChI is InChI=1S/C11H15ClFNO2/c1-2-14-6-8(15)7-16-9-3-4-11(13)10(12)5-9/h3-5,8,14-15H,2,6-7H2,1H3. The lowest BCUT2D eigenvalue weighted by Gasteiger charge is -2.12. The lowest BCUT2D eigenvalue weighted by molar-refractivity contribution is 0.107. The SMILES string of the molecule is CCNCC(O)COc1ccc(F)c(Cl)c1. The molecule has 0 aromatic heterocycles. The molecule has 0 fully saturated rings. The van der Waals surface area contributed by atoms with Crippen molar-refractivity contribution >= 4 is 11.6 Å². The zero-order valence-electron chi connectivity index (χ0n) is 9.04. The van der Waals surface area contributed by atoms with E-state index in [1.807, 2.05) is 6.92 Å². The third kappa shape index (κ3) is 4.35. The minimum Gasteiger partial charge on any atom is -0.491 e. The first-order valence-corrected chi connectivity index (χ1v) is 5.48. The summed E-state index contributed by atoms with van der Waals surface area (Å²) in [5, 5.41) is 12.5. The van der Waals surface area contributed by atoms with E-state index >= 15 is 0 Å². The Labute approximate surface area is 99.2 Å². The molecule has 5 heteroatoms. The van der Waals surface area contributed by atoms with Crippen molar-refractivity contribution in [3.05, 3.63) is 29.0 Å². The van der Waals surface area contributed by atoms with Crippen LogP contribution in [0.4, 0.5) is 4.39 Å². The molecular weight excluding hydrogens is 233 g/mol. The predicted octanol–water partition coefficient (Wildman–Crippen LogP) is 1.83. The van der Waals surface area contributed by atoms with Gasteiger partial charge < -0.3 is 15.2 Å². The molecule has 2 N–H and O–H groups in total. The Hall–Kier alpha value is -0.840. The second-order valence-electron chi connectivity index (χ2n) is 3.35. The normalized spacial score (nSPS) is 12.5. The molecule has 0 aliphatic heterocycles. The summed E-state index contributed by atoms with van der Waals surface area (Å²) in [5.74, 6) is -0.0378. The summed E-state index contributed by atoms with van der Waals surface area (Å²) >= 11 is 5.58. The summed E-state index contributed by atoms with van der Waals surface area (Å²) < 4.78 is 18.1. The Morgan fingerprint density at radius 3 is 2.94 bits per heavy atom. The minimum absolute atomic E-state index is 0.0127. The molecule has 0 saturated carbocycles. The molecule has 0 amide bonds. The van der Waals surface area contributed by atoms with E-state index in [-0.39, 0.29) is 11.6 Å². The van der Waals surface area contributed by atoms with Crippen LogP contribution < -0.4 is 10.1 Å². The number of aliphatic hydroxyl groups is 1. The molecule has 0 aliphatic carbocycles. The van der Waals surface area contributed by atoms with E-state index in [0.717, 1.165) is 6.54 Å². The predicted molar refractivity (Wildman–Crippen MR) is 61.5 cm³/mol. The topological polar surface area (TPSA) is 41.5 Å². The fraction of sp³-hybridized carbons (Fsp3) is 0.455. The van der Waals surface area contributed by atoms with Crippen LogP contribution in [0.5, 0.6) is 5.75 Å². The smallest absolute Gasteiger partial charge is 0.142 e. The highest BCUT2D eigenvalue weighted by Crippen LogP contribution is 2.21. The van der Waals surface area contributed by atoms with Gasteiger partial charge in [-0.15, -0.1) is 0 Å². The first kappa shape index (κ1) is 13.2. The molecule has 0 saturated heterocycles. The van der Waals surface area contributed by atoms with Crippen LogP contribution in [-0.4, -0.2) is 30.9 Å². The number of hydrogen-bond acceptors (Lipinski definition) is 3. The van der Waals surface area contributed by atoms with Gasteiger partial charge in [0.2, 0.25) is 0 Å². The van der Waals surface area contributed by atoms with Crippen LogP contribution >= 0.6 is 11.6 Å². The summed E-state index contributed by atoms with van der Waals surface area (Å²) in [5.41, 5.74) is 0. The molecule has 1 atom stereocenters. The van der Waals surface area contributed by atoms with Crippen molar-refractivity contribution in [1.82, 2.24) is 5.32 Å². The van der Waals surface area contributed by atoms with Crippen molar-refractivity contribution in [3.63, 3.8) is 0 Å². The van der Waals surface area contributed by atoms with E-state index in [9.17, 15) is 9.50 Å². The number of aliphatic hydroxyl groups excluding tert-OH is 1. The summed E-state index contributed by atoms with van der Waals surface area (Å²) in [6.07, 6.45) is -0.594. The fourth-order valence-electron chi connectivity index (χ4n) is 1.13. The van der Waals surface area contributed by atoms with E-state index in [1.54, 1.807) is 0 Å². The van der Waals surface area contributed by atoms with E-state index < -0.39 is 11.9 Å². The lowest BCUT2D eigenvalue weighted by atomic mass is 10.3. The number of nitrogens with one attached hydrogen (secondary N) is 1. The van der Waals surface area contributed by atoms with Gasteiger partial charge in [0.25, 0.3) is 0 Å². The highest BCUT2D eigenvalue weighted by molar-refractivity contribution is 6.30. The first-order valence-electron chi connectivity index (χ1n) is 5.10. The highest BCUT2D eigenvalue weighted by Gasteiger charge is 2.06. The Bertz CT molecular complexity index is 336. The van der Waals surface area contributed by atoms with Crippen molar-refractivity contribution in [3.8, 4) is 5.75 Å². The van der Waals surface area contributed by atoms with Crippen molar-refractivity contribution in [2.75, 3.05) is 19.7 Å². The van der Waals surface area contributed by atoms with Gasteiger partial charge in [0.15, 0.2) is 0 Å². The molecule has 0 heterocycles. The molecule has 0 aliphatic rings. The zero-order valence-corrected chi connectivity index (χ0v) is 9.80. The van der Waals surface area contributed by atoms with Crippen LogP contribution in [0.15, 0.2) is 18.2 Å². The van der Waals surface area contributed by atoms with Crippen molar-refractivity contribution in [1.29, 1.82) is 0 Å². The Balaban J connectivity index is 2.39. The Morgan fingerprint density at radius 1 is 1.56 bits per heavy atom. The van der Waals surface area contributed by atoms with E-state index in [4.69, 9.17) is 16.3 Å². The number of benzene rings is 1. The monoisotopic (exact) mass is 247 g/mol. The number of likely N-dealkylation sites (N-methyl/N-ethyl adjacent to an activating group) is 1. The Morgan fingerprint density at radius 2 is 2.31 bits per heavy atom. The van der Waals surface area contributed by atoms with Gasteiger partial charge in [0.1, 0.15) is 24.3 Å². The second-order valence-corrected chi connectivity index (χ2v) is 3.76. The first-order chi connectivity index (χ1) is 7.63. The molecule has 1 aromatic carbocycles. The third-order valence-corrected chi connectivity index (χ3v) is 2.25. The molecule has 0 radical (unpaired) electrons. The number of hydrogen-bond donors (Lipinski definition) is 2. The van der Waals surface area contributed by atoms with E-state index in [2.05, 4.69) is 5.32 Å².